The van der Waals surface area contributed by atoms with E-state index in [2.05, 4.69) is 32.5 Å². The summed E-state index contributed by atoms with van der Waals surface area (Å²) in [5.74, 6) is 0.398. The first-order valence-electron chi connectivity index (χ1n) is 6.36. The zero-order valence-electron chi connectivity index (χ0n) is 11.1. The van der Waals surface area contributed by atoms with Crippen LogP contribution in [0, 0.1) is 0 Å². The van der Waals surface area contributed by atoms with Crippen LogP contribution in [0.15, 0.2) is 24.7 Å². The number of anilines is 1. The normalized spacial score (nSPS) is 10.3. The van der Waals surface area contributed by atoms with Crippen molar-refractivity contribution in [2.75, 3.05) is 11.9 Å². The molecule has 0 aliphatic heterocycles. The number of amides is 1. The Hall–Kier alpha value is -2.08. The SMILES string of the molecule is CCCNc1cc(C(=O)NCc2cnc[nH]2)cc(Cl)n1. The van der Waals surface area contributed by atoms with Crippen molar-refractivity contribution in [2.24, 2.45) is 0 Å². The Morgan fingerprint density at radius 2 is 2.30 bits per heavy atom. The van der Waals surface area contributed by atoms with E-state index in [9.17, 15) is 4.79 Å². The summed E-state index contributed by atoms with van der Waals surface area (Å²) in [5.41, 5.74) is 1.31. The predicted octanol–water partition coefficient (Wildman–Crippen LogP) is 2.21. The molecule has 0 saturated carbocycles. The van der Waals surface area contributed by atoms with E-state index >= 15 is 0 Å². The van der Waals surface area contributed by atoms with Gasteiger partial charge in [-0.25, -0.2) is 9.97 Å². The number of aromatic amines is 1. The Kier molecular flexibility index (Phi) is 4.95. The molecule has 2 aromatic rings. The second-order valence-electron chi connectivity index (χ2n) is 4.25. The Labute approximate surface area is 122 Å². The van der Waals surface area contributed by atoms with E-state index in [0.29, 0.717) is 17.9 Å². The topological polar surface area (TPSA) is 82.7 Å². The number of nitrogens with one attached hydrogen (secondary N) is 3. The van der Waals surface area contributed by atoms with Gasteiger partial charge in [-0.2, -0.15) is 0 Å². The van der Waals surface area contributed by atoms with E-state index in [0.717, 1.165) is 18.7 Å². The van der Waals surface area contributed by atoms with E-state index in [1.807, 2.05) is 0 Å². The van der Waals surface area contributed by atoms with Gasteiger partial charge in [0.15, 0.2) is 0 Å². The zero-order valence-corrected chi connectivity index (χ0v) is 11.9. The maximum Gasteiger partial charge on any atom is 0.251 e. The fourth-order valence-corrected chi connectivity index (χ4v) is 1.84. The van der Waals surface area contributed by atoms with Gasteiger partial charge < -0.3 is 15.6 Å². The number of hydrogen-bond donors (Lipinski definition) is 3. The van der Waals surface area contributed by atoms with Gasteiger partial charge in [0.05, 0.1) is 18.6 Å². The first-order chi connectivity index (χ1) is 9.69. The lowest BCUT2D eigenvalue weighted by atomic mass is 10.2. The molecule has 0 fully saturated rings. The second kappa shape index (κ2) is 6.91. The summed E-state index contributed by atoms with van der Waals surface area (Å²) in [7, 11) is 0. The first-order valence-corrected chi connectivity index (χ1v) is 6.73. The van der Waals surface area contributed by atoms with Crippen LogP contribution >= 0.6 is 11.6 Å². The van der Waals surface area contributed by atoms with Crippen molar-refractivity contribution >= 4 is 23.3 Å². The van der Waals surface area contributed by atoms with Crippen LogP contribution < -0.4 is 10.6 Å². The summed E-state index contributed by atoms with van der Waals surface area (Å²) in [6.45, 7) is 3.22. The lowest BCUT2D eigenvalue weighted by Crippen LogP contribution is -2.23. The van der Waals surface area contributed by atoms with Crippen molar-refractivity contribution in [1.82, 2.24) is 20.3 Å². The predicted molar refractivity (Wildman–Crippen MR) is 77.8 cm³/mol. The molecule has 3 N–H and O–H groups in total. The highest BCUT2D eigenvalue weighted by atomic mass is 35.5. The molecule has 0 aliphatic carbocycles. The van der Waals surface area contributed by atoms with Gasteiger partial charge in [-0.3, -0.25) is 4.79 Å². The minimum atomic E-state index is -0.205. The van der Waals surface area contributed by atoms with Crippen LogP contribution in [0.2, 0.25) is 5.15 Å². The molecular weight excluding hydrogens is 278 g/mol. The first kappa shape index (κ1) is 14.3. The molecule has 0 radical (unpaired) electrons. The summed E-state index contributed by atoms with van der Waals surface area (Å²) in [5, 5.41) is 6.19. The van der Waals surface area contributed by atoms with E-state index < -0.39 is 0 Å². The van der Waals surface area contributed by atoms with Crippen LogP contribution in [0.25, 0.3) is 0 Å². The standard InChI is InChI=1S/C13H16ClN5O/c1-2-3-16-12-5-9(4-11(14)19-12)13(20)17-7-10-6-15-8-18-10/h4-6,8H,2-3,7H2,1H3,(H,15,18)(H,16,19)(H,17,20). The maximum atomic E-state index is 12.1. The highest BCUT2D eigenvalue weighted by Crippen LogP contribution is 2.14. The number of imidazole rings is 1. The van der Waals surface area contributed by atoms with Gasteiger partial charge in [-0.15, -0.1) is 0 Å². The van der Waals surface area contributed by atoms with Gasteiger partial charge in [0.25, 0.3) is 5.91 Å². The third kappa shape index (κ3) is 3.96. The second-order valence-corrected chi connectivity index (χ2v) is 4.64. The number of hydrogen-bond acceptors (Lipinski definition) is 4. The molecule has 0 spiro atoms. The molecule has 2 aromatic heterocycles. The average Bonchev–Trinajstić information content (AvgIpc) is 2.95. The van der Waals surface area contributed by atoms with Gasteiger partial charge in [0.2, 0.25) is 0 Å². The molecule has 20 heavy (non-hydrogen) atoms. The lowest BCUT2D eigenvalue weighted by molar-refractivity contribution is 0.0950. The van der Waals surface area contributed by atoms with Gasteiger partial charge in [0, 0.05) is 18.3 Å². The third-order valence-corrected chi connectivity index (χ3v) is 2.80. The summed E-state index contributed by atoms with van der Waals surface area (Å²) in [6, 6.07) is 3.23. The van der Waals surface area contributed by atoms with Gasteiger partial charge in [0.1, 0.15) is 11.0 Å². The summed E-state index contributed by atoms with van der Waals surface area (Å²) in [4.78, 5) is 23.0. The van der Waals surface area contributed by atoms with Crippen LogP contribution in [-0.4, -0.2) is 27.4 Å². The van der Waals surface area contributed by atoms with Crippen LogP contribution in [0.3, 0.4) is 0 Å². The molecule has 2 heterocycles. The molecule has 7 heteroatoms. The van der Waals surface area contributed by atoms with Crippen molar-refractivity contribution in [3.63, 3.8) is 0 Å². The van der Waals surface area contributed by atoms with E-state index in [-0.39, 0.29) is 11.1 Å². The Balaban J connectivity index is 2.02. The van der Waals surface area contributed by atoms with Crippen molar-refractivity contribution in [2.45, 2.75) is 19.9 Å². The van der Waals surface area contributed by atoms with Crippen LogP contribution in [-0.2, 0) is 6.54 Å². The summed E-state index contributed by atoms with van der Waals surface area (Å²) < 4.78 is 0. The molecule has 0 unspecified atom stereocenters. The summed E-state index contributed by atoms with van der Waals surface area (Å²) >= 11 is 5.93. The Morgan fingerprint density at radius 1 is 1.45 bits per heavy atom. The Bertz CT molecular complexity index is 570. The molecule has 0 bridgehead atoms. The molecule has 1 amide bonds. The molecule has 106 valence electrons. The zero-order chi connectivity index (χ0) is 14.4. The molecule has 6 nitrogen and oxygen atoms in total. The van der Waals surface area contributed by atoms with Crippen LogP contribution in [0.4, 0.5) is 5.82 Å². The Morgan fingerprint density at radius 3 is 3.00 bits per heavy atom. The summed E-state index contributed by atoms with van der Waals surface area (Å²) in [6.07, 6.45) is 4.20. The number of pyridine rings is 1. The van der Waals surface area contributed by atoms with Crippen LogP contribution in [0.5, 0.6) is 0 Å². The molecule has 0 aromatic carbocycles. The minimum absolute atomic E-state index is 0.205. The molecule has 0 saturated heterocycles. The number of carbonyl (C=O) groups excluding carboxylic acids is 1. The monoisotopic (exact) mass is 293 g/mol. The van der Waals surface area contributed by atoms with E-state index in [4.69, 9.17) is 11.6 Å². The number of halogens is 1. The number of carbonyl (C=O) groups is 1. The van der Waals surface area contributed by atoms with Gasteiger partial charge in [-0.05, 0) is 18.6 Å². The minimum Gasteiger partial charge on any atom is -0.370 e. The smallest absolute Gasteiger partial charge is 0.251 e. The highest BCUT2D eigenvalue weighted by Gasteiger charge is 2.09. The number of aromatic nitrogens is 3. The van der Waals surface area contributed by atoms with Crippen molar-refractivity contribution in [1.29, 1.82) is 0 Å². The average molecular weight is 294 g/mol. The highest BCUT2D eigenvalue weighted by molar-refractivity contribution is 6.29. The molecule has 0 aliphatic rings. The van der Waals surface area contributed by atoms with Crippen LogP contribution in [0.1, 0.15) is 29.4 Å². The third-order valence-electron chi connectivity index (χ3n) is 2.61. The lowest BCUT2D eigenvalue weighted by Gasteiger charge is -2.08. The fourth-order valence-electron chi connectivity index (χ4n) is 1.63. The molecular formula is C13H16ClN5O. The maximum absolute atomic E-state index is 12.1. The largest absolute Gasteiger partial charge is 0.370 e. The molecule has 2 rings (SSSR count). The number of rotatable bonds is 6. The van der Waals surface area contributed by atoms with Crippen molar-refractivity contribution in [3.05, 3.63) is 41.1 Å². The number of H-pyrrole nitrogens is 1. The van der Waals surface area contributed by atoms with E-state index in [1.54, 1.807) is 24.7 Å². The van der Waals surface area contributed by atoms with Crippen molar-refractivity contribution in [3.8, 4) is 0 Å². The number of nitrogens with zero attached hydrogens (tertiary/aromatic N) is 2. The van der Waals surface area contributed by atoms with Gasteiger partial charge in [-0.1, -0.05) is 18.5 Å². The van der Waals surface area contributed by atoms with Gasteiger partial charge >= 0.3 is 0 Å². The van der Waals surface area contributed by atoms with Crippen molar-refractivity contribution < 1.29 is 4.79 Å². The van der Waals surface area contributed by atoms with E-state index in [1.165, 1.54) is 0 Å². The quantitative estimate of drug-likeness (QED) is 0.713. The fraction of sp³-hybridized carbons (Fsp3) is 0.308. The molecule has 0 atom stereocenters.